The van der Waals surface area contributed by atoms with Crippen molar-refractivity contribution < 1.29 is 5.11 Å². The molecule has 6 heteroatoms. The van der Waals surface area contributed by atoms with Crippen molar-refractivity contribution in [1.29, 1.82) is 0 Å². The van der Waals surface area contributed by atoms with Gasteiger partial charge in [-0.2, -0.15) is 0 Å². The Bertz CT molecular complexity index is 347. The molecule has 2 N–H and O–H groups in total. The second-order valence-electron chi connectivity index (χ2n) is 4.67. The van der Waals surface area contributed by atoms with E-state index in [-0.39, 0.29) is 0 Å². The van der Waals surface area contributed by atoms with Crippen LogP contribution in [0.1, 0.15) is 11.8 Å². The Kier molecular flexibility index (Phi) is 6.09. The van der Waals surface area contributed by atoms with Crippen molar-refractivity contribution >= 4 is 43.2 Å². The largest absolute Gasteiger partial charge is 0.388 e. The van der Waals surface area contributed by atoms with Crippen LogP contribution in [0.15, 0.2) is 14.3 Å². The van der Waals surface area contributed by atoms with Crippen LogP contribution in [0.4, 0.5) is 0 Å². The van der Waals surface area contributed by atoms with E-state index in [4.69, 9.17) is 0 Å². The highest BCUT2D eigenvalue weighted by Gasteiger charge is 2.20. The molecule has 1 aromatic rings. The van der Waals surface area contributed by atoms with E-state index < -0.39 is 5.60 Å². The Balaban J connectivity index is 2.37. The quantitative estimate of drug-likeness (QED) is 0.790. The second-order valence-corrected chi connectivity index (χ2v) is 7.98. The van der Waals surface area contributed by atoms with Gasteiger partial charge in [0.15, 0.2) is 0 Å². The first-order valence-electron chi connectivity index (χ1n) is 5.32. The molecule has 0 aliphatic rings. The number of likely N-dealkylation sites (N-methyl/N-ethyl adjacent to an activating group) is 1. The molecule has 0 saturated heterocycles. The molecule has 98 valence electrons. The van der Waals surface area contributed by atoms with E-state index in [0.29, 0.717) is 13.1 Å². The summed E-state index contributed by atoms with van der Waals surface area (Å²) in [6.07, 6.45) is 0. The van der Waals surface area contributed by atoms with E-state index >= 15 is 0 Å². The summed E-state index contributed by atoms with van der Waals surface area (Å²) in [5, 5.41) is 13.4. The Morgan fingerprint density at radius 2 is 2.12 bits per heavy atom. The molecule has 1 aromatic heterocycles. The van der Waals surface area contributed by atoms with E-state index in [1.54, 1.807) is 11.3 Å². The number of hydrogen-bond acceptors (Lipinski definition) is 4. The maximum atomic E-state index is 10.1. The predicted octanol–water partition coefficient (Wildman–Crippen LogP) is 2.68. The van der Waals surface area contributed by atoms with Crippen molar-refractivity contribution in [1.82, 2.24) is 10.2 Å². The molecular weight excluding hydrogens is 368 g/mol. The second kappa shape index (κ2) is 6.63. The van der Waals surface area contributed by atoms with Crippen LogP contribution in [0.25, 0.3) is 0 Å². The van der Waals surface area contributed by atoms with Crippen LogP contribution in [0, 0.1) is 0 Å². The molecule has 0 aliphatic carbocycles. The van der Waals surface area contributed by atoms with Crippen molar-refractivity contribution in [2.24, 2.45) is 0 Å². The van der Waals surface area contributed by atoms with Crippen LogP contribution in [0.3, 0.4) is 0 Å². The number of halogens is 2. The molecule has 0 aliphatic heterocycles. The zero-order chi connectivity index (χ0) is 13.1. The van der Waals surface area contributed by atoms with Crippen LogP contribution in [-0.4, -0.2) is 42.8 Å². The molecule has 0 fully saturated rings. The molecule has 0 radical (unpaired) electrons. The van der Waals surface area contributed by atoms with E-state index in [1.807, 2.05) is 25.9 Å². The molecule has 3 nitrogen and oxygen atoms in total. The highest BCUT2D eigenvalue weighted by Crippen LogP contribution is 2.32. The highest BCUT2D eigenvalue weighted by molar-refractivity contribution is 9.13. The van der Waals surface area contributed by atoms with Gasteiger partial charge in [-0.25, -0.2) is 0 Å². The molecule has 0 saturated carbocycles. The molecule has 0 aromatic carbocycles. The maximum Gasteiger partial charge on any atom is 0.0869 e. The van der Waals surface area contributed by atoms with Crippen molar-refractivity contribution in [3.63, 3.8) is 0 Å². The fourth-order valence-electron chi connectivity index (χ4n) is 1.67. The van der Waals surface area contributed by atoms with Gasteiger partial charge in [0, 0.05) is 29.0 Å². The van der Waals surface area contributed by atoms with Gasteiger partial charge in [0.25, 0.3) is 0 Å². The zero-order valence-electron chi connectivity index (χ0n) is 10.3. The average molecular weight is 386 g/mol. The van der Waals surface area contributed by atoms with Crippen molar-refractivity contribution in [2.45, 2.75) is 19.1 Å². The fraction of sp³-hybridized carbons (Fsp3) is 0.636. The van der Waals surface area contributed by atoms with Gasteiger partial charge in [0.05, 0.1) is 9.39 Å². The Labute approximate surface area is 123 Å². The van der Waals surface area contributed by atoms with Crippen LogP contribution >= 0.6 is 43.2 Å². The summed E-state index contributed by atoms with van der Waals surface area (Å²) in [5.41, 5.74) is -0.699. The Morgan fingerprint density at radius 3 is 2.59 bits per heavy atom. The molecule has 0 spiro atoms. The molecule has 0 amide bonds. The minimum absolute atomic E-state index is 0.582. The van der Waals surface area contributed by atoms with Crippen LogP contribution in [0.2, 0.25) is 0 Å². The standard InChI is InChI=1S/C11H18Br2N2OS/c1-11(16,7-15(2)3)6-14-5-8-4-9(12)10(13)17-8/h4,14,16H,5-7H2,1-3H3. The zero-order valence-corrected chi connectivity index (χ0v) is 14.2. The number of nitrogens with zero attached hydrogens (tertiary/aromatic N) is 1. The lowest BCUT2D eigenvalue weighted by Crippen LogP contribution is -2.45. The number of aliphatic hydroxyl groups is 1. The molecular formula is C11H18Br2N2OS. The first-order valence-corrected chi connectivity index (χ1v) is 7.72. The summed E-state index contributed by atoms with van der Waals surface area (Å²) >= 11 is 8.62. The average Bonchev–Trinajstić information content (AvgIpc) is 2.43. The number of nitrogens with one attached hydrogen (secondary N) is 1. The maximum absolute atomic E-state index is 10.1. The summed E-state index contributed by atoms with van der Waals surface area (Å²) in [6.45, 7) is 3.86. The van der Waals surface area contributed by atoms with Crippen LogP contribution < -0.4 is 5.32 Å². The lowest BCUT2D eigenvalue weighted by molar-refractivity contribution is 0.0336. The van der Waals surface area contributed by atoms with E-state index in [9.17, 15) is 5.11 Å². The highest BCUT2D eigenvalue weighted by atomic mass is 79.9. The summed E-state index contributed by atoms with van der Waals surface area (Å²) in [5.74, 6) is 0. The van der Waals surface area contributed by atoms with Gasteiger partial charge in [-0.3, -0.25) is 0 Å². The number of rotatable bonds is 6. The van der Waals surface area contributed by atoms with E-state index in [1.165, 1.54) is 4.88 Å². The topological polar surface area (TPSA) is 35.5 Å². The van der Waals surface area contributed by atoms with Crippen molar-refractivity contribution in [3.05, 3.63) is 19.2 Å². The molecule has 1 rings (SSSR count). The lowest BCUT2D eigenvalue weighted by atomic mass is 10.1. The molecule has 0 bridgehead atoms. The van der Waals surface area contributed by atoms with E-state index in [0.717, 1.165) is 14.8 Å². The molecule has 1 heterocycles. The summed E-state index contributed by atoms with van der Waals surface area (Å²) in [7, 11) is 3.92. The lowest BCUT2D eigenvalue weighted by Gasteiger charge is -2.27. The van der Waals surface area contributed by atoms with Gasteiger partial charge in [0.1, 0.15) is 0 Å². The smallest absolute Gasteiger partial charge is 0.0869 e. The molecule has 1 atom stereocenters. The van der Waals surface area contributed by atoms with Crippen molar-refractivity contribution in [2.75, 3.05) is 27.2 Å². The Morgan fingerprint density at radius 1 is 1.47 bits per heavy atom. The van der Waals surface area contributed by atoms with Crippen LogP contribution in [-0.2, 0) is 6.54 Å². The Hall–Kier alpha value is 0.540. The third kappa shape index (κ3) is 5.81. The summed E-state index contributed by atoms with van der Waals surface area (Å²) in [6, 6.07) is 2.09. The van der Waals surface area contributed by atoms with Gasteiger partial charge >= 0.3 is 0 Å². The minimum Gasteiger partial charge on any atom is -0.388 e. The van der Waals surface area contributed by atoms with Gasteiger partial charge in [-0.1, -0.05) is 0 Å². The van der Waals surface area contributed by atoms with Gasteiger partial charge < -0.3 is 15.3 Å². The van der Waals surface area contributed by atoms with E-state index in [2.05, 4.69) is 43.2 Å². The monoisotopic (exact) mass is 384 g/mol. The summed E-state index contributed by atoms with van der Waals surface area (Å²) in [4.78, 5) is 3.23. The fourth-order valence-corrected chi connectivity index (χ4v) is 3.82. The third-order valence-electron chi connectivity index (χ3n) is 2.16. The van der Waals surface area contributed by atoms with Gasteiger partial charge in [-0.05, 0) is 58.9 Å². The van der Waals surface area contributed by atoms with Gasteiger partial charge in [0.2, 0.25) is 0 Å². The first-order chi connectivity index (χ1) is 7.80. The SMILES string of the molecule is CN(C)CC(C)(O)CNCc1cc(Br)c(Br)s1. The molecule has 1 unspecified atom stereocenters. The minimum atomic E-state index is -0.699. The summed E-state index contributed by atoms with van der Waals surface area (Å²) < 4.78 is 2.19. The number of thiophene rings is 1. The normalized spacial score (nSPS) is 15.2. The van der Waals surface area contributed by atoms with Crippen LogP contribution in [0.5, 0.6) is 0 Å². The van der Waals surface area contributed by atoms with Crippen molar-refractivity contribution in [3.8, 4) is 0 Å². The van der Waals surface area contributed by atoms with Gasteiger partial charge in [-0.15, -0.1) is 11.3 Å². The number of hydrogen-bond donors (Lipinski definition) is 2. The molecule has 17 heavy (non-hydrogen) atoms. The first kappa shape index (κ1) is 15.6. The third-order valence-corrected chi connectivity index (χ3v) is 5.41. The predicted molar refractivity (Wildman–Crippen MR) is 80.6 cm³/mol.